The summed E-state index contributed by atoms with van der Waals surface area (Å²) >= 11 is 0. The molecule has 10 unspecified atom stereocenters. The van der Waals surface area contributed by atoms with E-state index >= 15 is 0 Å². The molecule has 208 valence electrons. The van der Waals surface area contributed by atoms with Gasteiger partial charge in [0.05, 0.1) is 24.4 Å². The van der Waals surface area contributed by atoms with Crippen LogP contribution in [-0.4, -0.2) is 109 Å². The van der Waals surface area contributed by atoms with Gasteiger partial charge in [-0.15, -0.1) is 0 Å². The number of carbonyl (C=O) groups excluding carboxylic acids is 2. The molecule has 7 N–H and O–H groups in total. The molecular formula is C25H30O13. The first-order valence-corrected chi connectivity index (χ1v) is 11.8. The van der Waals surface area contributed by atoms with E-state index in [0.717, 1.165) is 12.3 Å². The molecule has 0 bridgehead atoms. The van der Waals surface area contributed by atoms with Gasteiger partial charge in [0.2, 0.25) is 6.29 Å². The maximum atomic E-state index is 12.5. The zero-order valence-corrected chi connectivity index (χ0v) is 20.2. The number of aliphatic hydroxyl groups excluding tert-OH is 4. The van der Waals surface area contributed by atoms with Gasteiger partial charge in [-0.3, -0.25) is 4.79 Å². The summed E-state index contributed by atoms with van der Waals surface area (Å²) in [7, 11) is 0. The second-order valence-electron chi connectivity index (χ2n) is 9.71. The fourth-order valence-corrected chi connectivity index (χ4v) is 5.06. The molecule has 38 heavy (non-hydrogen) atoms. The Morgan fingerprint density at radius 3 is 2.42 bits per heavy atom. The third-order valence-corrected chi connectivity index (χ3v) is 7.20. The van der Waals surface area contributed by atoms with E-state index in [4.69, 9.17) is 18.9 Å². The van der Waals surface area contributed by atoms with E-state index in [1.807, 2.05) is 0 Å². The normalized spacial score (nSPS) is 40.8. The van der Waals surface area contributed by atoms with Gasteiger partial charge >= 0.3 is 5.97 Å². The topological polar surface area (TPSA) is 213 Å². The van der Waals surface area contributed by atoms with Gasteiger partial charge in [0.15, 0.2) is 12.6 Å². The molecule has 0 spiro atoms. The van der Waals surface area contributed by atoms with Crippen LogP contribution < -0.4 is 0 Å². The van der Waals surface area contributed by atoms with E-state index < -0.39 is 79.2 Å². The number of benzene rings is 1. The lowest BCUT2D eigenvalue weighted by molar-refractivity contribution is -0.352. The Bertz CT molecular complexity index is 1080. The zero-order chi connectivity index (χ0) is 27.8. The Kier molecular flexibility index (Phi) is 7.93. The van der Waals surface area contributed by atoms with Crippen LogP contribution in [0.15, 0.2) is 42.2 Å². The molecule has 1 aromatic carbocycles. The van der Waals surface area contributed by atoms with Gasteiger partial charge in [0.25, 0.3) is 0 Å². The summed E-state index contributed by atoms with van der Waals surface area (Å²) in [5.74, 6) is -2.27. The average molecular weight is 539 g/mol. The van der Waals surface area contributed by atoms with Gasteiger partial charge in [0.1, 0.15) is 47.5 Å². The average Bonchev–Trinajstić information content (AvgIpc) is 3.09. The summed E-state index contributed by atoms with van der Waals surface area (Å²) in [6.45, 7) is 0.532. The smallest absolute Gasteiger partial charge is 0.331 e. The van der Waals surface area contributed by atoms with E-state index in [9.17, 15) is 45.3 Å². The molecule has 0 aromatic heterocycles. The molecule has 13 nitrogen and oxygen atoms in total. The Hall–Kier alpha value is -2.88. The van der Waals surface area contributed by atoms with Crippen LogP contribution in [0.3, 0.4) is 0 Å². The van der Waals surface area contributed by atoms with Crippen molar-refractivity contribution >= 4 is 18.3 Å². The first kappa shape index (κ1) is 28.1. The number of fused-ring (bicyclic) bond motifs is 1. The monoisotopic (exact) mass is 538 g/mol. The van der Waals surface area contributed by atoms with E-state index in [-0.39, 0.29) is 11.3 Å². The van der Waals surface area contributed by atoms with Crippen LogP contribution in [0.2, 0.25) is 0 Å². The molecule has 2 heterocycles. The number of aldehydes is 1. The lowest BCUT2D eigenvalue weighted by Crippen LogP contribution is -2.62. The molecule has 1 aliphatic carbocycles. The lowest BCUT2D eigenvalue weighted by atomic mass is 9.78. The number of carbonyl (C=O) groups is 2. The maximum Gasteiger partial charge on any atom is 0.331 e. The van der Waals surface area contributed by atoms with Gasteiger partial charge in [0, 0.05) is 12.5 Å². The number of hydrogen-bond donors (Lipinski definition) is 7. The number of hydrogen-bond acceptors (Lipinski definition) is 13. The zero-order valence-electron chi connectivity index (χ0n) is 20.2. The fraction of sp³-hybridized carbons (Fsp3) is 0.520. The number of rotatable bonds is 7. The number of phenolic OH excluding ortho intramolecular Hbond substituents is 1. The standard InChI is InChI=1S/C25H30O13/c1-24(33)16(37-17(29)7-4-12-2-5-14(28)6-3-12)8-25(34)13(9-26)11-35-23(21(24)25)38-22-20(32)19(31)18(30)15(10-27)36-22/h2-7,9,11,15-16,18-23,27-28,30-34H,8,10H2,1H3. The molecule has 4 rings (SSSR count). The highest BCUT2D eigenvalue weighted by atomic mass is 16.8. The first-order valence-electron chi connectivity index (χ1n) is 11.8. The highest BCUT2D eigenvalue weighted by molar-refractivity contribution is 5.87. The number of esters is 1. The molecule has 0 amide bonds. The quantitative estimate of drug-likeness (QED) is 0.115. The summed E-state index contributed by atoms with van der Waals surface area (Å²) in [6, 6.07) is 5.97. The van der Waals surface area contributed by atoms with E-state index in [2.05, 4.69) is 0 Å². The summed E-state index contributed by atoms with van der Waals surface area (Å²) in [5.41, 5.74) is -3.81. The molecule has 2 aliphatic heterocycles. The Morgan fingerprint density at radius 2 is 1.79 bits per heavy atom. The van der Waals surface area contributed by atoms with Gasteiger partial charge in [-0.25, -0.2) is 4.79 Å². The van der Waals surface area contributed by atoms with E-state index in [0.29, 0.717) is 11.8 Å². The molecular weight excluding hydrogens is 508 g/mol. The van der Waals surface area contributed by atoms with Gasteiger partial charge < -0.3 is 54.7 Å². The first-order chi connectivity index (χ1) is 17.9. The third-order valence-electron chi connectivity index (χ3n) is 7.20. The van der Waals surface area contributed by atoms with Crippen LogP contribution >= 0.6 is 0 Å². The van der Waals surface area contributed by atoms with Gasteiger partial charge in [-0.2, -0.15) is 0 Å². The predicted molar refractivity (Wildman–Crippen MR) is 125 cm³/mol. The summed E-state index contributed by atoms with van der Waals surface area (Å²) < 4.78 is 21.8. The summed E-state index contributed by atoms with van der Waals surface area (Å²) in [4.78, 5) is 24.3. The van der Waals surface area contributed by atoms with E-state index in [1.54, 1.807) is 12.1 Å². The number of phenols is 1. The van der Waals surface area contributed by atoms with Crippen molar-refractivity contribution in [3.05, 3.63) is 47.7 Å². The van der Waals surface area contributed by atoms with Crippen molar-refractivity contribution in [2.75, 3.05) is 6.61 Å². The summed E-state index contributed by atoms with van der Waals surface area (Å²) in [6.07, 6.45) is -7.78. The van der Waals surface area contributed by atoms with Crippen LogP contribution in [0.4, 0.5) is 0 Å². The van der Waals surface area contributed by atoms with Crippen molar-refractivity contribution < 1.29 is 64.3 Å². The van der Waals surface area contributed by atoms with Crippen LogP contribution in [0.25, 0.3) is 6.08 Å². The molecule has 10 atom stereocenters. The highest BCUT2D eigenvalue weighted by Gasteiger charge is 2.68. The van der Waals surface area contributed by atoms with Crippen LogP contribution in [0, 0.1) is 5.92 Å². The van der Waals surface area contributed by atoms with Crippen molar-refractivity contribution in [1.82, 2.24) is 0 Å². The second-order valence-corrected chi connectivity index (χ2v) is 9.71. The number of aromatic hydroxyl groups is 1. The van der Waals surface area contributed by atoms with Crippen LogP contribution in [0.5, 0.6) is 5.75 Å². The SMILES string of the molecule is CC1(O)C(OC(=O)C=Cc2ccc(O)cc2)CC2(O)C(C=O)=COC(OC3OC(CO)C(O)C(O)C3O)C21. The minimum atomic E-state index is -2.09. The Labute approximate surface area is 216 Å². The number of ether oxygens (including phenoxy) is 4. The van der Waals surface area contributed by atoms with Crippen molar-refractivity contribution in [2.24, 2.45) is 5.92 Å². The third kappa shape index (κ3) is 5.07. The fourth-order valence-electron chi connectivity index (χ4n) is 5.06. The Morgan fingerprint density at radius 1 is 1.11 bits per heavy atom. The second kappa shape index (κ2) is 10.7. The van der Waals surface area contributed by atoms with Crippen LogP contribution in [0.1, 0.15) is 18.9 Å². The number of aliphatic hydroxyl groups is 6. The van der Waals surface area contributed by atoms with Crippen LogP contribution in [-0.2, 0) is 28.5 Å². The van der Waals surface area contributed by atoms with Crippen molar-refractivity contribution in [3.8, 4) is 5.75 Å². The van der Waals surface area contributed by atoms with Gasteiger partial charge in [-0.05, 0) is 30.7 Å². The molecule has 3 aliphatic rings. The highest BCUT2D eigenvalue weighted by Crippen LogP contribution is 2.52. The van der Waals surface area contributed by atoms with Crippen molar-refractivity contribution in [3.63, 3.8) is 0 Å². The lowest BCUT2D eigenvalue weighted by Gasteiger charge is -2.46. The predicted octanol–water partition coefficient (Wildman–Crippen LogP) is -1.93. The summed E-state index contributed by atoms with van der Waals surface area (Å²) in [5, 5.41) is 72.1. The van der Waals surface area contributed by atoms with Crippen molar-refractivity contribution in [1.29, 1.82) is 0 Å². The maximum absolute atomic E-state index is 12.5. The molecule has 13 heteroatoms. The van der Waals surface area contributed by atoms with Crippen molar-refractivity contribution in [2.45, 2.75) is 67.6 Å². The Balaban J connectivity index is 1.55. The molecule has 1 aromatic rings. The largest absolute Gasteiger partial charge is 0.508 e. The molecule has 2 fully saturated rings. The van der Waals surface area contributed by atoms with Gasteiger partial charge in [-0.1, -0.05) is 12.1 Å². The molecule has 1 saturated heterocycles. The minimum absolute atomic E-state index is 0.0457. The molecule has 0 radical (unpaired) electrons. The van der Waals surface area contributed by atoms with E-state index in [1.165, 1.54) is 25.1 Å². The molecule has 1 saturated carbocycles. The minimum Gasteiger partial charge on any atom is -0.508 e.